The third-order valence-corrected chi connectivity index (χ3v) is 3.74. The van der Waals surface area contributed by atoms with Gasteiger partial charge in [0.25, 0.3) is 0 Å². The standard InChI is InChI=1S/C13H11N3O4S/c17-12(18)10-7-9(8-21-10)20-6-5-16-13(19)15-4-2-1-3-11(15)14-16/h1-4,7-8H,5-6H2,(H,17,18). The van der Waals surface area contributed by atoms with Crippen LogP contribution in [0.2, 0.25) is 0 Å². The number of thiophene rings is 1. The zero-order chi connectivity index (χ0) is 14.8. The molecule has 21 heavy (non-hydrogen) atoms. The van der Waals surface area contributed by atoms with Gasteiger partial charge in [0.15, 0.2) is 5.65 Å². The van der Waals surface area contributed by atoms with E-state index in [0.29, 0.717) is 17.9 Å². The van der Waals surface area contributed by atoms with Gasteiger partial charge in [0.2, 0.25) is 0 Å². The van der Waals surface area contributed by atoms with Crippen molar-refractivity contribution >= 4 is 23.0 Å². The van der Waals surface area contributed by atoms with E-state index in [9.17, 15) is 9.59 Å². The first kappa shape index (κ1) is 13.4. The molecule has 0 aliphatic rings. The number of aromatic carboxylic acids is 1. The van der Waals surface area contributed by atoms with E-state index in [1.165, 1.54) is 15.1 Å². The lowest BCUT2D eigenvalue weighted by Crippen LogP contribution is -2.23. The Bertz CT molecular complexity index is 848. The van der Waals surface area contributed by atoms with Crippen LogP contribution >= 0.6 is 11.3 Å². The summed E-state index contributed by atoms with van der Waals surface area (Å²) in [5.74, 6) is -0.499. The Balaban J connectivity index is 1.67. The van der Waals surface area contributed by atoms with Crippen LogP contribution in [-0.2, 0) is 6.54 Å². The van der Waals surface area contributed by atoms with Crippen molar-refractivity contribution in [2.24, 2.45) is 0 Å². The van der Waals surface area contributed by atoms with Crippen LogP contribution in [-0.4, -0.2) is 31.9 Å². The summed E-state index contributed by atoms with van der Waals surface area (Å²) in [5.41, 5.74) is 0.344. The summed E-state index contributed by atoms with van der Waals surface area (Å²) >= 11 is 1.10. The SMILES string of the molecule is O=C(O)c1cc(OCCn2nc3ccccn3c2=O)cs1. The minimum absolute atomic E-state index is 0.217. The van der Waals surface area contributed by atoms with Gasteiger partial charge in [-0.15, -0.1) is 16.4 Å². The average molecular weight is 305 g/mol. The number of fused-ring (bicyclic) bond motifs is 1. The summed E-state index contributed by atoms with van der Waals surface area (Å²) in [4.78, 5) is 23.0. The number of nitrogens with zero attached hydrogens (tertiary/aromatic N) is 3. The van der Waals surface area contributed by atoms with E-state index in [0.717, 1.165) is 11.3 Å². The fraction of sp³-hybridized carbons (Fsp3) is 0.154. The molecule has 3 aromatic heterocycles. The highest BCUT2D eigenvalue weighted by atomic mass is 32.1. The molecule has 0 aromatic carbocycles. The second-order valence-corrected chi connectivity index (χ2v) is 5.15. The number of pyridine rings is 1. The van der Waals surface area contributed by atoms with E-state index < -0.39 is 5.97 Å². The van der Waals surface area contributed by atoms with E-state index >= 15 is 0 Å². The molecule has 3 heterocycles. The Morgan fingerprint density at radius 3 is 3.00 bits per heavy atom. The molecule has 0 aliphatic carbocycles. The molecule has 0 saturated heterocycles. The van der Waals surface area contributed by atoms with Crippen molar-refractivity contribution in [1.82, 2.24) is 14.2 Å². The molecule has 0 spiro atoms. The van der Waals surface area contributed by atoms with Gasteiger partial charge >= 0.3 is 11.7 Å². The Labute approximate surface area is 122 Å². The van der Waals surface area contributed by atoms with E-state index in [2.05, 4.69) is 5.10 Å². The second-order valence-electron chi connectivity index (χ2n) is 4.23. The van der Waals surface area contributed by atoms with Crippen LogP contribution in [0.25, 0.3) is 5.65 Å². The fourth-order valence-corrected chi connectivity index (χ4v) is 2.53. The number of carboxylic acids is 1. The first-order valence-electron chi connectivity index (χ1n) is 6.14. The lowest BCUT2D eigenvalue weighted by Gasteiger charge is -2.02. The predicted molar refractivity (Wildman–Crippen MR) is 76.2 cm³/mol. The van der Waals surface area contributed by atoms with Gasteiger partial charge < -0.3 is 9.84 Å². The first-order valence-corrected chi connectivity index (χ1v) is 7.02. The highest BCUT2D eigenvalue weighted by molar-refractivity contribution is 7.12. The predicted octanol–water partition coefficient (Wildman–Crippen LogP) is 1.33. The average Bonchev–Trinajstić information content (AvgIpc) is 3.06. The first-order chi connectivity index (χ1) is 10.1. The van der Waals surface area contributed by atoms with E-state index in [1.807, 2.05) is 0 Å². The van der Waals surface area contributed by atoms with Crippen molar-refractivity contribution in [3.8, 4) is 5.75 Å². The van der Waals surface area contributed by atoms with Crippen LogP contribution in [0.4, 0.5) is 0 Å². The van der Waals surface area contributed by atoms with Crippen LogP contribution in [0.5, 0.6) is 5.75 Å². The lowest BCUT2D eigenvalue weighted by atomic mass is 10.4. The molecule has 0 fully saturated rings. The van der Waals surface area contributed by atoms with Crippen LogP contribution in [0.3, 0.4) is 0 Å². The van der Waals surface area contributed by atoms with Crippen LogP contribution in [0.15, 0.2) is 40.6 Å². The van der Waals surface area contributed by atoms with Crippen molar-refractivity contribution in [1.29, 1.82) is 0 Å². The summed E-state index contributed by atoms with van der Waals surface area (Å²) < 4.78 is 8.20. The van der Waals surface area contributed by atoms with E-state index in [-0.39, 0.29) is 17.2 Å². The quantitative estimate of drug-likeness (QED) is 0.768. The third kappa shape index (κ3) is 2.65. The molecule has 3 rings (SSSR count). The zero-order valence-corrected chi connectivity index (χ0v) is 11.6. The maximum absolute atomic E-state index is 12.0. The molecule has 108 valence electrons. The Morgan fingerprint density at radius 2 is 2.29 bits per heavy atom. The van der Waals surface area contributed by atoms with E-state index in [1.54, 1.807) is 29.8 Å². The van der Waals surface area contributed by atoms with Gasteiger partial charge in [-0.3, -0.25) is 4.40 Å². The Hall–Kier alpha value is -2.61. The van der Waals surface area contributed by atoms with Crippen molar-refractivity contribution in [2.75, 3.05) is 6.61 Å². The molecule has 3 aromatic rings. The van der Waals surface area contributed by atoms with Crippen LogP contribution in [0, 0.1) is 0 Å². The monoisotopic (exact) mass is 305 g/mol. The van der Waals surface area contributed by atoms with Gasteiger partial charge in [-0.05, 0) is 12.1 Å². The normalized spacial score (nSPS) is 10.9. The van der Waals surface area contributed by atoms with Crippen LogP contribution in [0.1, 0.15) is 9.67 Å². The number of hydrogen-bond acceptors (Lipinski definition) is 5. The molecule has 0 atom stereocenters. The van der Waals surface area contributed by atoms with Gasteiger partial charge in [-0.2, -0.15) is 0 Å². The molecule has 8 heteroatoms. The van der Waals surface area contributed by atoms with Gasteiger partial charge in [0.1, 0.15) is 17.2 Å². The molecule has 0 radical (unpaired) electrons. The highest BCUT2D eigenvalue weighted by Crippen LogP contribution is 2.21. The Morgan fingerprint density at radius 1 is 1.43 bits per heavy atom. The summed E-state index contributed by atoms with van der Waals surface area (Å²) in [7, 11) is 0. The van der Waals surface area contributed by atoms with E-state index in [4.69, 9.17) is 9.84 Å². The van der Waals surface area contributed by atoms with Crippen LogP contribution < -0.4 is 10.4 Å². The Kier molecular flexibility index (Phi) is 3.44. The smallest absolute Gasteiger partial charge is 0.350 e. The molecule has 0 amide bonds. The highest BCUT2D eigenvalue weighted by Gasteiger charge is 2.09. The minimum Gasteiger partial charge on any atom is -0.491 e. The molecule has 7 nitrogen and oxygen atoms in total. The number of carboxylic acid groups (broad SMARTS) is 1. The fourth-order valence-electron chi connectivity index (χ4n) is 1.87. The van der Waals surface area contributed by atoms with Gasteiger partial charge in [-0.1, -0.05) is 6.07 Å². The molecule has 0 bridgehead atoms. The number of ether oxygens (including phenoxy) is 1. The molecular weight excluding hydrogens is 294 g/mol. The lowest BCUT2D eigenvalue weighted by molar-refractivity contribution is 0.0702. The summed E-state index contributed by atoms with van der Waals surface area (Å²) in [6.07, 6.45) is 1.65. The number of rotatable bonds is 5. The summed E-state index contributed by atoms with van der Waals surface area (Å²) in [5, 5.41) is 14.6. The molecular formula is C13H11N3O4S. The van der Waals surface area contributed by atoms with Gasteiger partial charge in [-0.25, -0.2) is 14.3 Å². The minimum atomic E-state index is -0.980. The summed E-state index contributed by atoms with van der Waals surface area (Å²) in [6.45, 7) is 0.526. The second kappa shape index (κ2) is 5.41. The number of carbonyl (C=O) groups is 1. The molecule has 0 unspecified atom stereocenters. The van der Waals surface area contributed by atoms with Crippen molar-refractivity contribution in [2.45, 2.75) is 6.54 Å². The maximum Gasteiger partial charge on any atom is 0.350 e. The van der Waals surface area contributed by atoms with Crippen molar-refractivity contribution < 1.29 is 14.6 Å². The molecule has 0 aliphatic heterocycles. The topological polar surface area (TPSA) is 85.8 Å². The van der Waals surface area contributed by atoms with Crippen molar-refractivity contribution in [3.63, 3.8) is 0 Å². The molecule has 1 N–H and O–H groups in total. The number of hydrogen-bond donors (Lipinski definition) is 1. The zero-order valence-electron chi connectivity index (χ0n) is 10.8. The maximum atomic E-state index is 12.0. The number of aromatic nitrogens is 3. The van der Waals surface area contributed by atoms with Gasteiger partial charge in [0.05, 0.1) is 6.54 Å². The van der Waals surface area contributed by atoms with Gasteiger partial charge in [0, 0.05) is 17.6 Å². The largest absolute Gasteiger partial charge is 0.491 e. The summed E-state index contributed by atoms with van der Waals surface area (Å²) in [6, 6.07) is 6.77. The third-order valence-electron chi connectivity index (χ3n) is 2.85. The molecule has 0 saturated carbocycles. The van der Waals surface area contributed by atoms with Crippen molar-refractivity contribution in [3.05, 3.63) is 51.2 Å².